The predicted molar refractivity (Wildman–Crippen MR) is 109 cm³/mol. The Labute approximate surface area is 167 Å². The first-order chi connectivity index (χ1) is 12.8. The van der Waals surface area contributed by atoms with E-state index in [1.54, 1.807) is 0 Å². The van der Waals surface area contributed by atoms with Crippen molar-refractivity contribution in [3.63, 3.8) is 0 Å². The Hall–Kier alpha value is -1.66. The average Bonchev–Trinajstić information content (AvgIpc) is 3.18. The molecule has 0 atom stereocenters. The Morgan fingerprint density at radius 2 is 1.78 bits per heavy atom. The summed E-state index contributed by atoms with van der Waals surface area (Å²) in [5.74, 6) is 2.37. The van der Waals surface area contributed by atoms with E-state index in [4.69, 9.17) is 10.3 Å². The molecule has 7 heteroatoms. The third kappa shape index (κ3) is 4.61. The average molecular weight is 392 g/mol. The minimum absolute atomic E-state index is 0. The SMILES string of the molecule is Cl.NCC1(Cc2nc(-c3ccc(N4CCCCC4)nc3)no2)CCCCC1. The highest BCUT2D eigenvalue weighted by atomic mass is 35.5. The number of halogens is 1. The van der Waals surface area contributed by atoms with Gasteiger partial charge in [0, 0.05) is 31.3 Å². The van der Waals surface area contributed by atoms with Gasteiger partial charge in [-0.25, -0.2) is 4.98 Å². The van der Waals surface area contributed by atoms with Crippen molar-refractivity contribution in [2.75, 3.05) is 24.5 Å². The molecule has 1 aliphatic carbocycles. The summed E-state index contributed by atoms with van der Waals surface area (Å²) in [6.07, 6.45) is 12.6. The van der Waals surface area contributed by atoms with Crippen LogP contribution in [-0.2, 0) is 6.42 Å². The zero-order valence-corrected chi connectivity index (χ0v) is 16.7. The van der Waals surface area contributed by atoms with E-state index in [0.717, 1.165) is 43.7 Å². The van der Waals surface area contributed by atoms with E-state index in [1.807, 2.05) is 12.3 Å². The fourth-order valence-electron chi connectivity index (χ4n) is 4.35. The summed E-state index contributed by atoms with van der Waals surface area (Å²) < 4.78 is 5.54. The summed E-state index contributed by atoms with van der Waals surface area (Å²) >= 11 is 0. The second-order valence-electron chi connectivity index (χ2n) is 7.91. The van der Waals surface area contributed by atoms with Crippen molar-refractivity contribution in [1.82, 2.24) is 15.1 Å². The Morgan fingerprint density at radius 3 is 2.44 bits per heavy atom. The van der Waals surface area contributed by atoms with Crippen LogP contribution in [0, 0.1) is 5.41 Å². The summed E-state index contributed by atoms with van der Waals surface area (Å²) in [6.45, 7) is 2.89. The number of hydrogen-bond acceptors (Lipinski definition) is 6. The van der Waals surface area contributed by atoms with E-state index >= 15 is 0 Å². The summed E-state index contributed by atoms with van der Waals surface area (Å²) in [5, 5.41) is 4.18. The van der Waals surface area contributed by atoms with Crippen LogP contribution in [0.5, 0.6) is 0 Å². The van der Waals surface area contributed by atoms with Crippen molar-refractivity contribution in [3.05, 3.63) is 24.2 Å². The van der Waals surface area contributed by atoms with Crippen LogP contribution >= 0.6 is 12.4 Å². The molecule has 148 valence electrons. The first-order valence-corrected chi connectivity index (χ1v) is 10.0. The number of pyridine rings is 1. The Bertz CT molecular complexity index is 705. The zero-order valence-electron chi connectivity index (χ0n) is 15.9. The molecule has 6 nitrogen and oxygen atoms in total. The van der Waals surface area contributed by atoms with Crippen LogP contribution in [-0.4, -0.2) is 34.8 Å². The van der Waals surface area contributed by atoms with Crippen molar-refractivity contribution >= 4 is 18.2 Å². The van der Waals surface area contributed by atoms with Gasteiger partial charge in [0.05, 0.1) is 0 Å². The minimum Gasteiger partial charge on any atom is -0.357 e. The summed E-state index contributed by atoms with van der Waals surface area (Å²) in [7, 11) is 0. The quantitative estimate of drug-likeness (QED) is 0.829. The smallest absolute Gasteiger partial charge is 0.227 e. The van der Waals surface area contributed by atoms with Gasteiger partial charge in [0.25, 0.3) is 0 Å². The normalized spacial score (nSPS) is 19.5. The van der Waals surface area contributed by atoms with Crippen LogP contribution in [0.3, 0.4) is 0 Å². The molecule has 0 aromatic carbocycles. The molecule has 2 N–H and O–H groups in total. The first-order valence-electron chi connectivity index (χ1n) is 10.0. The second kappa shape index (κ2) is 9.02. The number of aromatic nitrogens is 3. The van der Waals surface area contributed by atoms with Crippen molar-refractivity contribution < 1.29 is 4.52 Å². The van der Waals surface area contributed by atoms with Crippen LogP contribution in [0.25, 0.3) is 11.4 Å². The molecular formula is C20H30ClN5O. The molecule has 0 radical (unpaired) electrons. The first kappa shape index (κ1) is 20.1. The predicted octanol–water partition coefficient (Wildman–Crippen LogP) is 4.00. The zero-order chi connectivity index (χ0) is 17.8. The van der Waals surface area contributed by atoms with Crippen molar-refractivity contribution in [3.8, 4) is 11.4 Å². The topological polar surface area (TPSA) is 81.1 Å². The maximum absolute atomic E-state index is 6.09. The van der Waals surface area contributed by atoms with E-state index in [-0.39, 0.29) is 17.8 Å². The van der Waals surface area contributed by atoms with Gasteiger partial charge in [-0.1, -0.05) is 24.4 Å². The molecule has 2 aliphatic rings. The molecule has 27 heavy (non-hydrogen) atoms. The molecule has 0 amide bonds. The number of nitrogens with zero attached hydrogens (tertiary/aromatic N) is 4. The Balaban J connectivity index is 0.00000210. The number of hydrogen-bond donors (Lipinski definition) is 1. The van der Waals surface area contributed by atoms with Gasteiger partial charge in [-0.3, -0.25) is 0 Å². The van der Waals surface area contributed by atoms with Gasteiger partial charge in [-0.2, -0.15) is 4.98 Å². The number of anilines is 1. The van der Waals surface area contributed by atoms with Crippen molar-refractivity contribution in [2.24, 2.45) is 11.1 Å². The number of rotatable bonds is 5. The van der Waals surface area contributed by atoms with E-state index < -0.39 is 0 Å². The lowest BCUT2D eigenvalue weighted by molar-refractivity contribution is 0.177. The molecule has 0 spiro atoms. The minimum atomic E-state index is 0. The molecule has 3 heterocycles. The molecule has 2 aromatic rings. The lowest BCUT2D eigenvalue weighted by Crippen LogP contribution is -2.35. The molecule has 4 rings (SSSR count). The van der Waals surface area contributed by atoms with Gasteiger partial charge in [-0.05, 0) is 56.2 Å². The highest BCUT2D eigenvalue weighted by Crippen LogP contribution is 2.38. The van der Waals surface area contributed by atoms with Crippen LogP contribution in [0.2, 0.25) is 0 Å². The molecule has 0 bridgehead atoms. The highest BCUT2D eigenvalue weighted by Gasteiger charge is 2.33. The van der Waals surface area contributed by atoms with Crippen LogP contribution in [0.4, 0.5) is 5.82 Å². The Morgan fingerprint density at radius 1 is 1.04 bits per heavy atom. The van der Waals surface area contributed by atoms with Crippen LogP contribution in [0.15, 0.2) is 22.9 Å². The van der Waals surface area contributed by atoms with Crippen LogP contribution in [0.1, 0.15) is 57.3 Å². The number of nitrogens with two attached hydrogens (primary N) is 1. The van der Waals surface area contributed by atoms with Gasteiger partial charge < -0.3 is 15.2 Å². The lowest BCUT2D eigenvalue weighted by atomic mass is 9.72. The summed E-state index contributed by atoms with van der Waals surface area (Å²) in [5.41, 5.74) is 7.13. The Kier molecular flexibility index (Phi) is 6.71. The third-order valence-corrected chi connectivity index (χ3v) is 6.03. The number of piperidine rings is 1. The maximum Gasteiger partial charge on any atom is 0.227 e. The monoisotopic (exact) mass is 391 g/mol. The third-order valence-electron chi connectivity index (χ3n) is 6.03. The second-order valence-corrected chi connectivity index (χ2v) is 7.91. The van der Waals surface area contributed by atoms with Crippen LogP contribution < -0.4 is 10.6 Å². The summed E-state index contributed by atoms with van der Waals surface area (Å²) in [6, 6.07) is 4.12. The maximum atomic E-state index is 6.09. The standard InChI is InChI=1S/C20H29N5O.ClH/c21-15-20(9-3-1-4-10-20)13-18-23-19(24-26-18)16-7-8-17(22-14-16)25-11-5-2-6-12-25;/h7-8,14H,1-6,9-13,15,21H2;1H. The molecule has 2 fully saturated rings. The molecule has 1 aliphatic heterocycles. The van der Waals surface area contributed by atoms with E-state index in [0.29, 0.717) is 18.3 Å². The molecule has 0 unspecified atom stereocenters. The lowest BCUT2D eigenvalue weighted by Gasteiger charge is -2.34. The van der Waals surface area contributed by atoms with Gasteiger partial charge in [0.2, 0.25) is 11.7 Å². The fraction of sp³-hybridized carbons (Fsp3) is 0.650. The summed E-state index contributed by atoms with van der Waals surface area (Å²) in [4.78, 5) is 11.6. The highest BCUT2D eigenvalue weighted by molar-refractivity contribution is 5.85. The molecule has 1 saturated heterocycles. The molecular weight excluding hydrogens is 362 g/mol. The van der Waals surface area contributed by atoms with Gasteiger partial charge in [0.15, 0.2) is 0 Å². The fourth-order valence-corrected chi connectivity index (χ4v) is 4.35. The van der Waals surface area contributed by atoms with Gasteiger partial charge >= 0.3 is 0 Å². The van der Waals surface area contributed by atoms with Crippen molar-refractivity contribution in [1.29, 1.82) is 0 Å². The molecule has 1 saturated carbocycles. The van der Waals surface area contributed by atoms with Gasteiger partial charge in [0.1, 0.15) is 5.82 Å². The van der Waals surface area contributed by atoms with Crippen molar-refractivity contribution in [2.45, 2.75) is 57.8 Å². The van der Waals surface area contributed by atoms with Gasteiger partial charge in [-0.15, -0.1) is 12.4 Å². The van der Waals surface area contributed by atoms with E-state index in [9.17, 15) is 0 Å². The van der Waals surface area contributed by atoms with E-state index in [2.05, 4.69) is 26.1 Å². The largest absolute Gasteiger partial charge is 0.357 e. The van der Waals surface area contributed by atoms with E-state index in [1.165, 1.54) is 38.5 Å². The molecule has 2 aromatic heterocycles.